The summed E-state index contributed by atoms with van der Waals surface area (Å²) < 4.78 is 11.1. The van der Waals surface area contributed by atoms with Crippen LogP contribution in [0.5, 0.6) is 0 Å². The Morgan fingerprint density at radius 2 is 1.78 bits per heavy atom. The predicted molar refractivity (Wildman–Crippen MR) is 115 cm³/mol. The van der Waals surface area contributed by atoms with Gasteiger partial charge in [0.1, 0.15) is 11.5 Å². The number of ketones is 2. The molecule has 2 saturated heterocycles. The second kappa shape index (κ2) is 8.64. The molecule has 5 rings (SSSR count). The number of nitrogens with zero attached hydrogens (tertiary/aromatic N) is 3. The summed E-state index contributed by atoms with van der Waals surface area (Å²) in [5, 5.41) is 0.775. The Bertz CT molecular complexity index is 1120. The number of aromatic nitrogens is 1. The van der Waals surface area contributed by atoms with Crippen molar-refractivity contribution in [2.45, 2.75) is 6.04 Å². The van der Waals surface area contributed by atoms with E-state index in [0.29, 0.717) is 37.4 Å². The summed E-state index contributed by atoms with van der Waals surface area (Å²) in [5.74, 6) is -2.87. The van der Waals surface area contributed by atoms with Crippen LogP contribution in [0, 0.1) is 5.92 Å². The van der Waals surface area contributed by atoms with E-state index in [9.17, 15) is 14.4 Å². The van der Waals surface area contributed by atoms with Crippen LogP contribution in [-0.4, -0.2) is 71.7 Å². The number of pyridine rings is 1. The van der Waals surface area contributed by atoms with Gasteiger partial charge in [-0.3, -0.25) is 24.3 Å². The lowest BCUT2D eigenvalue weighted by Crippen LogP contribution is -2.42. The normalized spacial score (nSPS) is 22.1. The van der Waals surface area contributed by atoms with E-state index in [-0.39, 0.29) is 5.76 Å². The Balaban J connectivity index is 1.47. The lowest BCUT2D eigenvalue weighted by molar-refractivity contribution is -0.141. The Labute approximate surface area is 184 Å². The van der Waals surface area contributed by atoms with Crippen LogP contribution in [0.2, 0.25) is 0 Å². The largest absolute Gasteiger partial charge is 0.453 e. The molecule has 0 saturated carbocycles. The molecule has 0 aliphatic carbocycles. The number of morpholine rings is 1. The van der Waals surface area contributed by atoms with Crippen LogP contribution in [0.1, 0.15) is 22.2 Å². The number of carbonyl (C=O) groups is 3. The summed E-state index contributed by atoms with van der Waals surface area (Å²) in [6.07, 6.45) is 3.21. The third kappa shape index (κ3) is 3.72. The van der Waals surface area contributed by atoms with Crippen molar-refractivity contribution >= 4 is 28.4 Å². The molecule has 8 nitrogen and oxygen atoms in total. The average molecular weight is 433 g/mol. The molecule has 2 fully saturated rings. The fourth-order valence-corrected chi connectivity index (χ4v) is 4.49. The number of para-hydroxylation sites is 1. The van der Waals surface area contributed by atoms with Crippen molar-refractivity contribution in [3.8, 4) is 0 Å². The lowest BCUT2D eigenvalue weighted by atomic mass is 9.88. The van der Waals surface area contributed by atoms with Gasteiger partial charge in [-0.2, -0.15) is 0 Å². The molecule has 2 atom stereocenters. The summed E-state index contributed by atoms with van der Waals surface area (Å²) in [6, 6.07) is 11.7. The van der Waals surface area contributed by atoms with Crippen molar-refractivity contribution in [3.05, 3.63) is 66.2 Å². The van der Waals surface area contributed by atoms with Crippen molar-refractivity contribution in [1.29, 1.82) is 0 Å². The molecule has 32 heavy (non-hydrogen) atoms. The van der Waals surface area contributed by atoms with Crippen LogP contribution in [0.15, 0.2) is 59.3 Å². The topological polar surface area (TPSA) is 93.0 Å². The molecule has 1 aromatic carbocycles. The maximum absolute atomic E-state index is 13.5. The summed E-state index contributed by atoms with van der Waals surface area (Å²) in [5.41, 5.74) is 1.27. The number of likely N-dealkylation sites (tertiary alicyclic amines) is 1. The molecule has 0 N–H and O–H groups in total. The van der Waals surface area contributed by atoms with Crippen LogP contribution in [-0.2, 0) is 14.3 Å². The van der Waals surface area contributed by atoms with E-state index in [4.69, 9.17) is 9.15 Å². The van der Waals surface area contributed by atoms with Gasteiger partial charge in [0, 0.05) is 44.0 Å². The molecule has 2 aromatic heterocycles. The first-order valence-electron chi connectivity index (χ1n) is 10.7. The monoisotopic (exact) mass is 433 g/mol. The SMILES string of the molecule is O=C1C(=O)N(CCN2CCOCC2)C(c2ccncc2)C1C(=O)c1cc2ccccc2o1. The van der Waals surface area contributed by atoms with Gasteiger partial charge >= 0.3 is 0 Å². The van der Waals surface area contributed by atoms with Crippen molar-refractivity contribution < 1.29 is 23.5 Å². The number of furan rings is 1. The second-order valence-electron chi connectivity index (χ2n) is 8.03. The fourth-order valence-electron chi connectivity index (χ4n) is 4.49. The fraction of sp³-hybridized carbons (Fsp3) is 0.333. The van der Waals surface area contributed by atoms with E-state index in [1.54, 1.807) is 36.7 Å². The Morgan fingerprint density at radius 3 is 2.53 bits per heavy atom. The number of hydrogen-bond donors (Lipinski definition) is 0. The molecule has 0 radical (unpaired) electrons. The molecule has 0 bridgehead atoms. The van der Waals surface area contributed by atoms with Crippen molar-refractivity contribution in [2.75, 3.05) is 39.4 Å². The van der Waals surface area contributed by atoms with Crippen molar-refractivity contribution in [3.63, 3.8) is 0 Å². The maximum atomic E-state index is 13.5. The average Bonchev–Trinajstić information content (AvgIpc) is 3.38. The molecule has 2 unspecified atom stereocenters. The lowest BCUT2D eigenvalue weighted by Gasteiger charge is -2.31. The first kappa shape index (κ1) is 20.5. The van der Waals surface area contributed by atoms with Gasteiger partial charge in [-0.05, 0) is 29.8 Å². The third-order valence-electron chi connectivity index (χ3n) is 6.16. The number of ether oxygens (including phenoxy) is 1. The van der Waals surface area contributed by atoms with E-state index >= 15 is 0 Å². The van der Waals surface area contributed by atoms with Crippen LogP contribution in [0.25, 0.3) is 11.0 Å². The van der Waals surface area contributed by atoms with E-state index < -0.39 is 29.4 Å². The number of fused-ring (bicyclic) bond motifs is 1. The van der Waals surface area contributed by atoms with Crippen LogP contribution >= 0.6 is 0 Å². The molecule has 4 heterocycles. The van der Waals surface area contributed by atoms with Gasteiger partial charge in [-0.1, -0.05) is 18.2 Å². The quantitative estimate of drug-likeness (QED) is 0.334. The highest BCUT2D eigenvalue weighted by Crippen LogP contribution is 2.38. The maximum Gasteiger partial charge on any atom is 0.291 e. The third-order valence-corrected chi connectivity index (χ3v) is 6.16. The summed E-state index contributed by atoms with van der Waals surface area (Å²) in [4.78, 5) is 47.3. The Kier molecular flexibility index (Phi) is 5.55. The smallest absolute Gasteiger partial charge is 0.291 e. The molecular formula is C24H23N3O5. The number of carbonyl (C=O) groups excluding carboxylic acids is 3. The minimum absolute atomic E-state index is 0.0893. The van der Waals surface area contributed by atoms with Gasteiger partial charge < -0.3 is 14.1 Å². The predicted octanol–water partition coefficient (Wildman–Crippen LogP) is 2.11. The summed E-state index contributed by atoms with van der Waals surface area (Å²) in [6.45, 7) is 3.80. The zero-order valence-electron chi connectivity index (χ0n) is 17.5. The van der Waals surface area contributed by atoms with Crippen molar-refractivity contribution in [1.82, 2.24) is 14.8 Å². The first-order chi connectivity index (χ1) is 15.6. The zero-order chi connectivity index (χ0) is 22.1. The molecule has 0 spiro atoms. The van der Waals surface area contributed by atoms with Gasteiger partial charge in [0.15, 0.2) is 5.76 Å². The van der Waals surface area contributed by atoms with E-state index in [1.165, 1.54) is 4.90 Å². The minimum atomic E-state index is -1.16. The van der Waals surface area contributed by atoms with E-state index in [0.717, 1.165) is 18.5 Å². The van der Waals surface area contributed by atoms with E-state index in [2.05, 4.69) is 9.88 Å². The molecule has 8 heteroatoms. The molecule has 2 aliphatic rings. The highest BCUT2D eigenvalue weighted by atomic mass is 16.5. The number of benzene rings is 1. The minimum Gasteiger partial charge on any atom is -0.453 e. The highest BCUT2D eigenvalue weighted by molar-refractivity contribution is 6.43. The van der Waals surface area contributed by atoms with Gasteiger partial charge in [0.25, 0.3) is 5.91 Å². The van der Waals surface area contributed by atoms with Gasteiger partial charge in [-0.15, -0.1) is 0 Å². The molecule has 164 valence electrons. The van der Waals surface area contributed by atoms with Crippen LogP contribution < -0.4 is 0 Å². The number of amides is 1. The van der Waals surface area contributed by atoms with Gasteiger partial charge in [0.2, 0.25) is 11.6 Å². The van der Waals surface area contributed by atoms with Crippen LogP contribution in [0.3, 0.4) is 0 Å². The molecule has 2 aliphatic heterocycles. The van der Waals surface area contributed by atoms with E-state index in [1.807, 2.05) is 18.2 Å². The van der Waals surface area contributed by atoms with Crippen LogP contribution in [0.4, 0.5) is 0 Å². The number of Topliss-reactive ketones (excluding diaryl/α,β-unsaturated/α-hetero) is 2. The number of rotatable bonds is 6. The highest BCUT2D eigenvalue weighted by Gasteiger charge is 2.52. The standard InChI is InChI=1S/C24H23N3O5/c28-22(19-15-17-3-1-2-4-18(17)32-19)20-21(16-5-7-25-8-6-16)27(24(30)23(20)29)10-9-26-11-13-31-14-12-26/h1-8,15,20-21H,9-14H2. The first-order valence-corrected chi connectivity index (χ1v) is 10.7. The zero-order valence-corrected chi connectivity index (χ0v) is 17.5. The summed E-state index contributed by atoms with van der Waals surface area (Å²) in [7, 11) is 0. The number of hydrogen-bond acceptors (Lipinski definition) is 7. The van der Waals surface area contributed by atoms with Gasteiger partial charge in [-0.25, -0.2) is 0 Å². The molecule has 1 amide bonds. The Hall–Kier alpha value is -3.36. The summed E-state index contributed by atoms with van der Waals surface area (Å²) >= 11 is 0. The molecular weight excluding hydrogens is 410 g/mol. The van der Waals surface area contributed by atoms with Gasteiger partial charge in [0.05, 0.1) is 19.3 Å². The second-order valence-corrected chi connectivity index (χ2v) is 8.03. The Morgan fingerprint density at radius 1 is 1.03 bits per heavy atom. The molecule has 3 aromatic rings. The van der Waals surface area contributed by atoms with Crippen molar-refractivity contribution in [2.24, 2.45) is 5.92 Å².